The zero-order valence-corrected chi connectivity index (χ0v) is 20.0. The molecule has 0 radical (unpaired) electrons. The number of nitrogens with one attached hydrogen (secondary N) is 1. The van der Waals surface area contributed by atoms with Crippen LogP contribution in [0.15, 0.2) is 35.2 Å². The van der Waals surface area contributed by atoms with Gasteiger partial charge in [-0.25, -0.2) is 14.8 Å². The molecule has 4 rings (SSSR count). The van der Waals surface area contributed by atoms with Crippen molar-refractivity contribution in [3.05, 3.63) is 51.2 Å². The first kappa shape index (κ1) is 23.5. The lowest BCUT2D eigenvalue weighted by Gasteiger charge is -2.10. The van der Waals surface area contributed by atoms with E-state index in [4.69, 9.17) is 15.2 Å². The van der Waals surface area contributed by atoms with Crippen LogP contribution in [0.4, 0.5) is 5.00 Å². The standard InChI is InChI=1S/C22H21N5O5S2/c1-12-17(22(30)32-8-7-31-2)21(34-18(12)19(23)29)26-16(28)9-27-15-6-4-3-5-13(15)25-20(27)14-10-33-11-24-14/h3-6,10-11H,7-9H2,1-2H3,(H2,23,29)(H,26,28). The van der Waals surface area contributed by atoms with Crippen LogP contribution in [0.2, 0.25) is 0 Å². The highest BCUT2D eigenvalue weighted by Gasteiger charge is 2.26. The van der Waals surface area contributed by atoms with Crippen molar-refractivity contribution in [2.75, 3.05) is 25.6 Å². The van der Waals surface area contributed by atoms with E-state index in [1.165, 1.54) is 18.4 Å². The fourth-order valence-electron chi connectivity index (χ4n) is 3.44. The number of rotatable bonds is 9. The van der Waals surface area contributed by atoms with Crippen molar-refractivity contribution in [2.24, 2.45) is 5.73 Å². The SMILES string of the molecule is COCCOC(=O)c1c(NC(=O)Cn2c(-c3cscn3)nc3ccccc32)sc(C(N)=O)c1C. The van der Waals surface area contributed by atoms with Crippen LogP contribution < -0.4 is 11.1 Å². The van der Waals surface area contributed by atoms with E-state index in [-0.39, 0.29) is 35.2 Å². The Kier molecular flexibility index (Phi) is 7.01. The molecule has 0 aliphatic heterocycles. The molecule has 0 saturated carbocycles. The second kappa shape index (κ2) is 10.1. The molecular weight excluding hydrogens is 478 g/mol. The number of nitrogens with zero attached hydrogens (tertiary/aromatic N) is 3. The zero-order chi connectivity index (χ0) is 24.2. The number of amides is 2. The number of hydrogen-bond acceptors (Lipinski definition) is 9. The van der Waals surface area contributed by atoms with E-state index in [9.17, 15) is 14.4 Å². The van der Waals surface area contributed by atoms with Crippen molar-refractivity contribution >= 4 is 56.5 Å². The molecule has 0 atom stereocenters. The number of esters is 1. The van der Waals surface area contributed by atoms with Gasteiger partial charge in [-0.3, -0.25) is 9.59 Å². The van der Waals surface area contributed by atoms with Crippen molar-refractivity contribution in [3.63, 3.8) is 0 Å². The van der Waals surface area contributed by atoms with Crippen molar-refractivity contribution in [2.45, 2.75) is 13.5 Å². The summed E-state index contributed by atoms with van der Waals surface area (Å²) in [5.74, 6) is -1.23. The minimum absolute atomic E-state index is 0.0297. The first-order valence-corrected chi connectivity index (χ1v) is 11.9. The second-order valence-electron chi connectivity index (χ2n) is 7.19. The third-order valence-electron chi connectivity index (χ3n) is 4.97. The summed E-state index contributed by atoms with van der Waals surface area (Å²) in [6.07, 6.45) is 0. The van der Waals surface area contributed by atoms with Crippen LogP contribution in [0.3, 0.4) is 0 Å². The summed E-state index contributed by atoms with van der Waals surface area (Å²) in [6.45, 7) is 1.74. The summed E-state index contributed by atoms with van der Waals surface area (Å²) in [5.41, 5.74) is 9.75. The average Bonchev–Trinajstić information content (AvgIpc) is 3.52. The summed E-state index contributed by atoms with van der Waals surface area (Å²) in [5, 5.41) is 4.79. The molecular formula is C22H21N5O5S2. The number of imidazole rings is 1. The third-order valence-corrected chi connectivity index (χ3v) is 6.77. The largest absolute Gasteiger partial charge is 0.460 e. The third kappa shape index (κ3) is 4.69. The Hall–Kier alpha value is -3.61. The van der Waals surface area contributed by atoms with Crippen molar-refractivity contribution in [1.29, 1.82) is 0 Å². The van der Waals surface area contributed by atoms with Gasteiger partial charge in [-0.1, -0.05) is 12.1 Å². The van der Waals surface area contributed by atoms with Gasteiger partial charge in [0.05, 0.1) is 33.6 Å². The van der Waals surface area contributed by atoms with Crippen LogP contribution in [0, 0.1) is 6.92 Å². The van der Waals surface area contributed by atoms with Gasteiger partial charge in [0.25, 0.3) is 5.91 Å². The smallest absolute Gasteiger partial charge is 0.341 e. The van der Waals surface area contributed by atoms with E-state index in [0.29, 0.717) is 17.1 Å². The molecule has 0 spiro atoms. The number of fused-ring (bicyclic) bond motifs is 1. The van der Waals surface area contributed by atoms with E-state index >= 15 is 0 Å². The minimum atomic E-state index is -0.694. The van der Waals surface area contributed by atoms with Gasteiger partial charge in [-0.15, -0.1) is 22.7 Å². The summed E-state index contributed by atoms with van der Waals surface area (Å²) >= 11 is 2.36. The van der Waals surface area contributed by atoms with Gasteiger partial charge in [0, 0.05) is 12.5 Å². The number of anilines is 1. The predicted octanol–water partition coefficient (Wildman–Crippen LogP) is 3.07. The number of carbonyl (C=O) groups excluding carboxylic acids is 3. The van der Waals surface area contributed by atoms with Crippen LogP contribution in [0.1, 0.15) is 25.6 Å². The van der Waals surface area contributed by atoms with Crippen LogP contribution in [-0.4, -0.2) is 52.6 Å². The number of methoxy groups -OCH3 is 1. The highest BCUT2D eigenvalue weighted by molar-refractivity contribution is 7.18. The van der Waals surface area contributed by atoms with E-state index in [2.05, 4.69) is 15.3 Å². The van der Waals surface area contributed by atoms with Gasteiger partial charge >= 0.3 is 5.97 Å². The number of carbonyl (C=O) groups is 3. The Balaban J connectivity index is 1.65. The van der Waals surface area contributed by atoms with Gasteiger partial charge < -0.3 is 25.1 Å². The Morgan fingerprint density at radius 1 is 1.21 bits per heavy atom. The highest BCUT2D eigenvalue weighted by Crippen LogP contribution is 2.34. The van der Waals surface area contributed by atoms with Gasteiger partial charge in [0.15, 0.2) is 5.82 Å². The normalized spacial score (nSPS) is 11.0. The van der Waals surface area contributed by atoms with Crippen LogP contribution in [-0.2, 0) is 20.8 Å². The zero-order valence-electron chi connectivity index (χ0n) is 18.4. The maximum atomic E-state index is 13.1. The summed E-state index contributed by atoms with van der Waals surface area (Å²) in [7, 11) is 1.49. The van der Waals surface area contributed by atoms with Crippen molar-refractivity contribution < 1.29 is 23.9 Å². The second-order valence-corrected chi connectivity index (χ2v) is 8.92. The lowest BCUT2D eigenvalue weighted by molar-refractivity contribution is -0.116. The highest BCUT2D eigenvalue weighted by atomic mass is 32.1. The summed E-state index contributed by atoms with van der Waals surface area (Å²) in [6, 6.07) is 7.45. The number of thiophene rings is 1. The topological polar surface area (TPSA) is 138 Å². The molecule has 34 heavy (non-hydrogen) atoms. The van der Waals surface area contributed by atoms with Crippen LogP contribution in [0.5, 0.6) is 0 Å². The van der Waals surface area contributed by atoms with Crippen LogP contribution >= 0.6 is 22.7 Å². The lowest BCUT2D eigenvalue weighted by Crippen LogP contribution is -2.20. The number of para-hydroxylation sites is 2. The lowest BCUT2D eigenvalue weighted by atomic mass is 10.1. The first-order valence-electron chi connectivity index (χ1n) is 10.1. The van der Waals surface area contributed by atoms with Gasteiger partial charge in [0.1, 0.15) is 23.8 Å². The van der Waals surface area contributed by atoms with Gasteiger partial charge in [-0.2, -0.15) is 0 Å². The molecule has 176 valence electrons. The molecule has 10 nitrogen and oxygen atoms in total. The number of benzene rings is 1. The Morgan fingerprint density at radius 2 is 2.00 bits per heavy atom. The fourth-order valence-corrected chi connectivity index (χ4v) is 5.03. The molecule has 0 fully saturated rings. The van der Waals surface area contributed by atoms with Gasteiger partial charge in [-0.05, 0) is 24.6 Å². The molecule has 12 heteroatoms. The quantitative estimate of drug-likeness (QED) is 0.267. The molecule has 0 bridgehead atoms. The monoisotopic (exact) mass is 499 g/mol. The molecule has 0 aliphatic rings. The number of aromatic nitrogens is 3. The summed E-state index contributed by atoms with van der Waals surface area (Å²) < 4.78 is 11.9. The number of hydrogen-bond donors (Lipinski definition) is 2. The predicted molar refractivity (Wildman–Crippen MR) is 129 cm³/mol. The maximum absolute atomic E-state index is 13.1. The van der Waals surface area contributed by atoms with E-state index in [1.807, 2.05) is 29.6 Å². The summed E-state index contributed by atoms with van der Waals surface area (Å²) in [4.78, 5) is 46.8. The number of primary amides is 1. The fraction of sp³-hybridized carbons (Fsp3) is 0.227. The van der Waals surface area contributed by atoms with E-state index in [1.54, 1.807) is 17.0 Å². The molecule has 3 heterocycles. The van der Waals surface area contributed by atoms with Crippen LogP contribution in [0.25, 0.3) is 22.6 Å². The molecule has 4 aromatic rings. The maximum Gasteiger partial charge on any atom is 0.341 e. The molecule has 3 aromatic heterocycles. The van der Waals surface area contributed by atoms with E-state index < -0.39 is 17.8 Å². The van der Waals surface area contributed by atoms with E-state index in [0.717, 1.165) is 22.4 Å². The number of nitrogens with two attached hydrogens (primary N) is 1. The molecule has 3 N–H and O–H groups in total. The number of thiazole rings is 1. The Labute approximate surface area is 202 Å². The minimum Gasteiger partial charge on any atom is -0.460 e. The van der Waals surface area contributed by atoms with Crippen molar-refractivity contribution in [1.82, 2.24) is 14.5 Å². The molecule has 2 amide bonds. The molecule has 1 aromatic carbocycles. The first-order chi connectivity index (χ1) is 16.4. The number of ether oxygens (including phenoxy) is 2. The molecule has 0 saturated heterocycles. The average molecular weight is 500 g/mol. The van der Waals surface area contributed by atoms with Gasteiger partial charge in [0.2, 0.25) is 5.91 Å². The molecule has 0 unspecified atom stereocenters. The molecule has 0 aliphatic carbocycles. The Bertz CT molecular complexity index is 1360. The van der Waals surface area contributed by atoms with Crippen molar-refractivity contribution in [3.8, 4) is 11.5 Å². The Morgan fingerprint density at radius 3 is 2.71 bits per heavy atom.